The SMILES string of the molecule is Cc1cnc(CNS(=O)(=O)Cc2cccc(C(N)=S)c2)s1. The van der Waals surface area contributed by atoms with Gasteiger partial charge in [-0.05, 0) is 18.6 Å². The second-order valence-electron chi connectivity index (χ2n) is 4.51. The molecule has 0 amide bonds. The molecule has 0 atom stereocenters. The topological polar surface area (TPSA) is 85.1 Å². The predicted octanol–water partition coefficient (Wildman–Crippen LogP) is 1.71. The molecule has 0 radical (unpaired) electrons. The van der Waals surface area contributed by atoms with Crippen molar-refractivity contribution < 1.29 is 8.42 Å². The van der Waals surface area contributed by atoms with Crippen LogP contribution in [0.5, 0.6) is 0 Å². The summed E-state index contributed by atoms with van der Waals surface area (Å²) < 4.78 is 26.7. The summed E-state index contributed by atoms with van der Waals surface area (Å²) in [6.07, 6.45) is 1.72. The molecule has 112 valence electrons. The first-order valence-corrected chi connectivity index (χ1v) is 9.01. The van der Waals surface area contributed by atoms with E-state index in [0.29, 0.717) is 11.1 Å². The molecule has 0 unspecified atom stereocenters. The minimum Gasteiger partial charge on any atom is -0.389 e. The van der Waals surface area contributed by atoms with Crippen molar-refractivity contribution in [2.75, 3.05) is 0 Å². The Balaban J connectivity index is 2.03. The molecule has 0 spiro atoms. The number of aryl methyl sites for hydroxylation is 1. The highest BCUT2D eigenvalue weighted by Gasteiger charge is 2.13. The average molecular weight is 341 g/mol. The molecule has 3 N–H and O–H groups in total. The fourth-order valence-electron chi connectivity index (χ4n) is 1.74. The van der Waals surface area contributed by atoms with Crippen molar-refractivity contribution in [3.05, 3.63) is 51.5 Å². The third kappa shape index (κ3) is 4.85. The number of benzene rings is 1. The number of nitrogens with one attached hydrogen (secondary N) is 1. The third-order valence-electron chi connectivity index (χ3n) is 2.68. The number of hydrogen-bond acceptors (Lipinski definition) is 5. The summed E-state index contributed by atoms with van der Waals surface area (Å²) in [5.41, 5.74) is 6.85. The molecule has 0 aliphatic rings. The zero-order valence-corrected chi connectivity index (χ0v) is 13.8. The molecule has 8 heteroatoms. The van der Waals surface area contributed by atoms with Gasteiger partial charge in [-0.25, -0.2) is 18.1 Å². The average Bonchev–Trinajstić information content (AvgIpc) is 2.82. The molecule has 2 aromatic rings. The molecule has 0 saturated heterocycles. The molecule has 1 aromatic heterocycles. The Labute approximate surface area is 133 Å². The van der Waals surface area contributed by atoms with Crippen LogP contribution in [0.3, 0.4) is 0 Å². The van der Waals surface area contributed by atoms with Crippen LogP contribution in [0.15, 0.2) is 30.5 Å². The standard InChI is InChI=1S/C13H15N3O2S3/c1-9-6-15-12(20-9)7-16-21(17,18)8-10-3-2-4-11(5-10)13(14)19/h2-6,16H,7-8H2,1H3,(H2,14,19). The second kappa shape index (κ2) is 6.61. The first-order valence-electron chi connectivity index (χ1n) is 6.13. The van der Waals surface area contributed by atoms with Crippen LogP contribution in [0.2, 0.25) is 0 Å². The van der Waals surface area contributed by atoms with Crippen molar-refractivity contribution in [3.63, 3.8) is 0 Å². The number of thiazole rings is 1. The summed E-state index contributed by atoms with van der Waals surface area (Å²) in [6, 6.07) is 6.91. The Hall–Kier alpha value is -1.35. The number of thiocarbonyl (C=S) groups is 1. The summed E-state index contributed by atoms with van der Waals surface area (Å²) in [5, 5.41) is 0.743. The smallest absolute Gasteiger partial charge is 0.216 e. The molecule has 1 aromatic carbocycles. The lowest BCUT2D eigenvalue weighted by Crippen LogP contribution is -2.24. The maximum Gasteiger partial charge on any atom is 0.216 e. The van der Waals surface area contributed by atoms with Gasteiger partial charge >= 0.3 is 0 Å². The van der Waals surface area contributed by atoms with Gasteiger partial charge in [0.1, 0.15) is 10.00 Å². The quantitative estimate of drug-likeness (QED) is 0.781. The first kappa shape index (κ1) is 16.0. The third-order valence-corrected chi connectivity index (χ3v) is 5.13. The Kier molecular flexibility index (Phi) is 5.04. The number of nitrogens with zero attached hydrogens (tertiary/aromatic N) is 1. The van der Waals surface area contributed by atoms with Gasteiger partial charge in [-0.3, -0.25) is 0 Å². The van der Waals surface area contributed by atoms with E-state index in [9.17, 15) is 8.42 Å². The molecule has 0 bridgehead atoms. The number of hydrogen-bond donors (Lipinski definition) is 2. The van der Waals surface area contributed by atoms with E-state index in [1.807, 2.05) is 6.92 Å². The number of nitrogens with two attached hydrogens (primary N) is 1. The zero-order valence-electron chi connectivity index (χ0n) is 11.4. The van der Waals surface area contributed by atoms with Gasteiger partial charge in [0, 0.05) is 16.6 Å². The second-order valence-corrected chi connectivity index (χ2v) is 8.08. The van der Waals surface area contributed by atoms with Crippen molar-refractivity contribution in [2.45, 2.75) is 19.2 Å². The van der Waals surface area contributed by atoms with E-state index in [0.717, 1.165) is 9.88 Å². The van der Waals surface area contributed by atoms with E-state index in [-0.39, 0.29) is 17.3 Å². The van der Waals surface area contributed by atoms with Gasteiger partial charge in [0.2, 0.25) is 10.0 Å². The van der Waals surface area contributed by atoms with Crippen molar-refractivity contribution in [1.82, 2.24) is 9.71 Å². The van der Waals surface area contributed by atoms with Crippen molar-refractivity contribution >= 4 is 38.6 Å². The lowest BCUT2D eigenvalue weighted by molar-refractivity contribution is 0.580. The lowest BCUT2D eigenvalue weighted by Gasteiger charge is -2.07. The Morgan fingerprint density at radius 1 is 1.48 bits per heavy atom. The molecular weight excluding hydrogens is 326 g/mol. The molecule has 0 aliphatic heterocycles. The Morgan fingerprint density at radius 2 is 2.24 bits per heavy atom. The zero-order chi connectivity index (χ0) is 15.5. The van der Waals surface area contributed by atoms with E-state index >= 15 is 0 Å². The monoisotopic (exact) mass is 341 g/mol. The normalized spacial score (nSPS) is 11.5. The summed E-state index contributed by atoms with van der Waals surface area (Å²) in [7, 11) is -3.43. The summed E-state index contributed by atoms with van der Waals surface area (Å²) in [4.78, 5) is 5.42. The Morgan fingerprint density at radius 3 is 2.86 bits per heavy atom. The lowest BCUT2D eigenvalue weighted by atomic mass is 10.1. The highest BCUT2D eigenvalue weighted by atomic mass is 32.2. The maximum atomic E-state index is 12.1. The van der Waals surface area contributed by atoms with Crippen molar-refractivity contribution in [2.24, 2.45) is 5.73 Å². The fourth-order valence-corrected chi connectivity index (χ4v) is 3.76. The summed E-state index contributed by atoms with van der Waals surface area (Å²) in [5.74, 6) is -0.117. The van der Waals surface area contributed by atoms with Crippen LogP contribution in [0.25, 0.3) is 0 Å². The van der Waals surface area contributed by atoms with Crippen molar-refractivity contribution in [1.29, 1.82) is 0 Å². The maximum absolute atomic E-state index is 12.1. The van der Waals surface area contributed by atoms with Crippen LogP contribution >= 0.6 is 23.6 Å². The van der Waals surface area contributed by atoms with Crippen LogP contribution in [0, 0.1) is 6.92 Å². The first-order chi connectivity index (χ1) is 9.85. The van der Waals surface area contributed by atoms with E-state index < -0.39 is 10.0 Å². The van der Waals surface area contributed by atoms with Gasteiger partial charge in [0.05, 0.1) is 12.3 Å². The van der Waals surface area contributed by atoms with Gasteiger partial charge in [-0.15, -0.1) is 11.3 Å². The van der Waals surface area contributed by atoms with Crippen LogP contribution in [0.4, 0.5) is 0 Å². The molecule has 2 rings (SSSR count). The highest BCUT2D eigenvalue weighted by molar-refractivity contribution is 7.88. The molecule has 21 heavy (non-hydrogen) atoms. The molecule has 0 saturated carbocycles. The molecule has 0 fully saturated rings. The van der Waals surface area contributed by atoms with Crippen molar-refractivity contribution in [3.8, 4) is 0 Å². The largest absolute Gasteiger partial charge is 0.389 e. The molecule has 5 nitrogen and oxygen atoms in total. The van der Waals surface area contributed by atoms with Crippen LogP contribution < -0.4 is 10.5 Å². The van der Waals surface area contributed by atoms with Gasteiger partial charge in [-0.1, -0.05) is 30.4 Å². The predicted molar refractivity (Wildman–Crippen MR) is 88.6 cm³/mol. The minimum atomic E-state index is -3.43. The number of rotatable bonds is 6. The fraction of sp³-hybridized carbons (Fsp3) is 0.231. The summed E-state index contributed by atoms with van der Waals surface area (Å²) >= 11 is 6.36. The number of aromatic nitrogens is 1. The van der Waals surface area contributed by atoms with Gasteiger partial charge in [0.15, 0.2) is 0 Å². The van der Waals surface area contributed by atoms with Crippen LogP contribution in [-0.4, -0.2) is 18.4 Å². The van der Waals surface area contributed by atoms with Gasteiger partial charge in [0.25, 0.3) is 0 Å². The van der Waals surface area contributed by atoms with Gasteiger partial charge < -0.3 is 5.73 Å². The van der Waals surface area contributed by atoms with E-state index in [4.69, 9.17) is 18.0 Å². The summed E-state index contributed by atoms with van der Waals surface area (Å²) in [6.45, 7) is 2.13. The molecular formula is C13H15N3O2S3. The minimum absolute atomic E-state index is 0.117. The van der Waals surface area contributed by atoms with E-state index in [1.54, 1.807) is 30.5 Å². The highest BCUT2D eigenvalue weighted by Crippen LogP contribution is 2.12. The molecule has 0 aliphatic carbocycles. The number of sulfonamides is 1. The van der Waals surface area contributed by atoms with Crippen LogP contribution in [-0.2, 0) is 22.3 Å². The Bertz CT molecular complexity index is 754. The van der Waals surface area contributed by atoms with E-state index in [1.165, 1.54) is 11.3 Å². The van der Waals surface area contributed by atoms with Gasteiger partial charge in [-0.2, -0.15) is 0 Å². The molecule has 1 heterocycles. The van der Waals surface area contributed by atoms with E-state index in [2.05, 4.69) is 9.71 Å². The van der Waals surface area contributed by atoms with Crippen LogP contribution in [0.1, 0.15) is 21.0 Å².